The van der Waals surface area contributed by atoms with Gasteiger partial charge in [-0.1, -0.05) is 26.0 Å². The van der Waals surface area contributed by atoms with Crippen LogP contribution in [-0.4, -0.2) is 43.3 Å². The van der Waals surface area contributed by atoms with Crippen molar-refractivity contribution in [3.63, 3.8) is 0 Å². The second-order valence-electron chi connectivity index (χ2n) is 10.2. The smallest absolute Gasteiger partial charge is 0.341 e. The van der Waals surface area contributed by atoms with Gasteiger partial charge in [-0.2, -0.15) is 5.10 Å². The van der Waals surface area contributed by atoms with Crippen molar-refractivity contribution in [3.8, 4) is 11.5 Å². The molecule has 2 atom stereocenters. The fourth-order valence-corrected chi connectivity index (χ4v) is 5.94. The Kier molecular flexibility index (Phi) is 10.7. The van der Waals surface area contributed by atoms with Gasteiger partial charge >= 0.3 is 5.97 Å². The molecule has 0 bridgehead atoms. The summed E-state index contributed by atoms with van der Waals surface area (Å²) < 4.78 is 16.7. The third kappa shape index (κ3) is 7.97. The van der Waals surface area contributed by atoms with Gasteiger partial charge in [0.2, 0.25) is 0 Å². The molecule has 0 radical (unpaired) electrons. The summed E-state index contributed by atoms with van der Waals surface area (Å²) in [6.07, 6.45) is 4.29. The Morgan fingerprint density at radius 3 is 2.64 bits per heavy atom. The SMILES string of the molecule is CCCOc1cccc(/C=N\NC(=O)[C@H](C)Oc2ccc(C(=O)Nc3sc4c(c3C(=O)OCC)CC[C@H](C)C4)cc2)c1. The molecule has 1 aliphatic rings. The molecule has 0 saturated carbocycles. The summed E-state index contributed by atoms with van der Waals surface area (Å²) in [6.45, 7) is 8.50. The number of hydrogen-bond donors (Lipinski definition) is 2. The number of amides is 2. The summed E-state index contributed by atoms with van der Waals surface area (Å²) in [5, 5.41) is 7.45. The lowest BCUT2D eigenvalue weighted by molar-refractivity contribution is -0.127. The third-order valence-electron chi connectivity index (χ3n) is 6.74. The first-order valence-corrected chi connectivity index (χ1v) is 15.1. The second kappa shape index (κ2) is 14.6. The highest BCUT2D eigenvalue weighted by molar-refractivity contribution is 7.17. The number of benzene rings is 2. The minimum Gasteiger partial charge on any atom is -0.494 e. The molecule has 222 valence electrons. The van der Waals surface area contributed by atoms with Gasteiger partial charge in [0.1, 0.15) is 16.5 Å². The van der Waals surface area contributed by atoms with Gasteiger partial charge in [-0.15, -0.1) is 11.3 Å². The molecule has 42 heavy (non-hydrogen) atoms. The van der Waals surface area contributed by atoms with Crippen LogP contribution in [-0.2, 0) is 22.4 Å². The highest BCUT2D eigenvalue weighted by Gasteiger charge is 2.29. The van der Waals surface area contributed by atoms with Crippen molar-refractivity contribution in [2.45, 2.75) is 59.5 Å². The van der Waals surface area contributed by atoms with Crippen molar-refractivity contribution in [1.82, 2.24) is 5.43 Å². The molecule has 2 N–H and O–H groups in total. The Labute approximate surface area is 250 Å². The van der Waals surface area contributed by atoms with Crippen LogP contribution in [0.3, 0.4) is 0 Å². The zero-order valence-corrected chi connectivity index (χ0v) is 25.2. The predicted molar refractivity (Wildman–Crippen MR) is 164 cm³/mol. The number of carbonyl (C=O) groups excluding carboxylic acids is 3. The molecule has 0 spiro atoms. The third-order valence-corrected chi connectivity index (χ3v) is 7.91. The molecule has 2 amide bonds. The number of thiophene rings is 1. The van der Waals surface area contributed by atoms with E-state index < -0.39 is 18.0 Å². The van der Waals surface area contributed by atoms with E-state index in [2.05, 4.69) is 22.8 Å². The Balaban J connectivity index is 1.34. The van der Waals surface area contributed by atoms with Crippen molar-refractivity contribution in [2.75, 3.05) is 18.5 Å². The van der Waals surface area contributed by atoms with Crippen LogP contribution < -0.4 is 20.2 Å². The summed E-state index contributed by atoms with van der Waals surface area (Å²) in [4.78, 5) is 39.5. The summed E-state index contributed by atoms with van der Waals surface area (Å²) in [5.74, 6) is 0.518. The zero-order chi connectivity index (χ0) is 30.1. The van der Waals surface area contributed by atoms with Crippen LogP contribution in [0, 0.1) is 5.92 Å². The molecule has 1 heterocycles. The van der Waals surface area contributed by atoms with Crippen molar-refractivity contribution < 1.29 is 28.6 Å². The Bertz CT molecular complexity index is 1430. The number of ether oxygens (including phenoxy) is 3. The lowest BCUT2D eigenvalue weighted by atomic mass is 9.88. The molecule has 1 aliphatic carbocycles. The Morgan fingerprint density at radius 1 is 1.12 bits per heavy atom. The molecule has 0 aliphatic heterocycles. The monoisotopic (exact) mass is 591 g/mol. The van der Waals surface area contributed by atoms with Gasteiger partial charge < -0.3 is 19.5 Å². The molecule has 10 heteroatoms. The van der Waals surface area contributed by atoms with Crippen LogP contribution in [0.5, 0.6) is 11.5 Å². The number of esters is 1. The maximum atomic E-state index is 13.1. The average Bonchev–Trinajstić information content (AvgIpc) is 3.33. The Hall–Kier alpha value is -4.18. The summed E-state index contributed by atoms with van der Waals surface area (Å²) in [7, 11) is 0. The van der Waals surface area contributed by atoms with Crippen molar-refractivity contribution >= 4 is 40.3 Å². The van der Waals surface area contributed by atoms with Gasteiger partial charge in [-0.05, 0) is 93.0 Å². The summed E-state index contributed by atoms with van der Waals surface area (Å²) in [6, 6.07) is 13.9. The van der Waals surface area contributed by atoms with Crippen LogP contribution >= 0.6 is 11.3 Å². The lowest BCUT2D eigenvalue weighted by Crippen LogP contribution is -2.33. The first kappa shape index (κ1) is 30.8. The van der Waals surface area contributed by atoms with Crippen molar-refractivity contribution in [1.29, 1.82) is 0 Å². The quantitative estimate of drug-likeness (QED) is 0.151. The predicted octanol–water partition coefficient (Wildman–Crippen LogP) is 6.01. The van der Waals surface area contributed by atoms with E-state index in [4.69, 9.17) is 14.2 Å². The number of anilines is 1. The Morgan fingerprint density at radius 2 is 1.90 bits per heavy atom. The van der Waals surface area contributed by atoms with Gasteiger partial charge in [0.25, 0.3) is 11.8 Å². The van der Waals surface area contributed by atoms with Gasteiger partial charge in [0.05, 0.1) is 25.0 Å². The molecule has 0 saturated heterocycles. The van der Waals surface area contributed by atoms with Crippen LogP contribution in [0.1, 0.15) is 77.3 Å². The molecule has 1 aromatic heterocycles. The van der Waals surface area contributed by atoms with Gasteiger partial charge in [0.15, 0.2) is 6.10 Å². The summed E-state index contributed by atoms with van der Waals surface area (Å²) >= 11 is 1.45. The van der Waals surface area contributed by atoms with E-state index in [1.165, 1.54) is 17.6 Å². The van der Waals surface area contributed by atoms with E-state index in [1.807, 2.05) is 31.2 Å². The molecule has 2 aromatic carbocycles. The fraction of sp³-hybridized carbons (Fsp3) is 0.375. The van der Waals surface area contributed by atoms with E-state index in [1.54, 1.807) is 38.1 Å². The highest BCUT2D eigenvalue weighted by Crippen LogP contribution is 2.40. The lowest BCUT2D eigenvalue weighted by Gasteiger charge is -2.18. The number of fused-ring (bicyclic) bond motifs is 1. The van der Waals surface area contributed by atoms with Gasteiger partial charge in [0, 0.05) is 10.4 Å². The molecule has 0 fully saturated rings. The molecular weight excluding hydrogens is 554 g/mol. The van der Waals surface area contributed by atoms with Crippen molar-refractivity contribution in [3.05, 3.63) is 75.7 Å². The standard InChI is InChI=1S/C32H37N3O6S/c1-5-16-40-25-9-7-8-22(18-25)19-33-35-29(36)21(4)41-24-13-11-23(12-14-24)30(37)34-31-28(32(38)39-6-2)26-15-10-20(3)17-27(26)42-31/h7-9,11-14,18-21H,5-6,10,15-17H2,1-4H3,(H,34,37)(H,35,36)/b33-19-/t20-,21-/m0/s1. The van der Waals surface area contributed by atoms with E-state index in [0.717, 1.165) is 47.4 Å². The van der Waals surface area contributed by atoms with E-state index in [9.17, 15) is 14.4 Å². The molecule has 3 aromatic rings. The minimum absolute atomic E-state index is 0.264. The zero-order valence-electron chi connectivity index (χ0n) is 24.4. The van der Waals surface area contributed by atoms with E-state index in [-0.39, 0.29) is 12.5 Å². The van der Waals surface area contributed by atoms with Gasteiger partial charge in [-0.3, -0.25) is 9.59 Å². The van der Waals surface area contributed by atoms with Crippen LogP contribution in [0.2, 0.25) is 0 Å². The van der Waals surface area contributed by atoms with Crippen molar-refractivity contribution in [2.24, 2.45) is 11.0 Å². The number of nitrogens with zero attached hydrogens (tertiary/aromatic N) is 1. The first-order chi connectivity index (χ1) is 20.3. The van der Waals surface area contributed by atoms with Crippen LogP contribution in [0.25, 0.3) is 0 Å². The number of rotatable bonds is 12. The molecular formula is C32H37N3O6S. The van der Waals surface area contributed by atoms with E-state index in [0.29, 0.717) is 34.4 Å². The van der Waals surface area contributed by atoms with Gasteiger partial charge in [-0.25, -0.2) is 10.2 Å². The second-order valence-corrected chi connectivity index (χ2v) is 11.3. The highest BCUT2D eigenvalue weighted by atomic mass is 32.1. The number of hydrazone groups is 1. The number of hydrogen-bond acceptors (Lipinski definition) is 8. The largest absolute Gasteiger partial charge is 0.494 e. The maximum Gasteiger partial charge on any atom is 0.341 e. The fourth-order valence-electron chi connectivity index (χ4n) is 4.54. The molecule has 4 rings (SSSR count). The maximum absolute atomic E-state index is 13.1. The topological polar surface area (TPSA) is 115 Å². The van der Waals surface area contributed by atoms with E-state index >= 15 is 0 Å². The number of carbonyl (C=O) groups is 3. The van der Waals surface area contributed by atoms with Crippen LogP contribution in [0.15, 0.2) is 53.6 Å². The molecule has 0 unspecified atom stereocenters. The average molecular weight is 592 g/mol. The summed E-state index contributed by atoms with van der Waals surface area (Å²) in [5.41, 5.74) is 5.12. The number of nitrogens with one attached hydrogen (secondary N) is 2. The minimum atomic E-state index is -0.826. The molecule has 9 nitrogen and oxygen atoms in total. The normalized spacial score (nSPS) is 15.0. The van der Waals surface area contributed by atoms with Crippen LogP contribution in [0.4, 0.5) is 5.00 Å². The first-order valence-electron chi connectivity index (χ1n) is 14.2.